The first-order valence-corrected chi connectivity index (χ1v) is 11.9. The molecule has 1 aliphatic rings. The number of rotatable bonds is 7. The number of sulfonamides is 1. The van der Waals surface area contributed by atoms with Crippen LogP contribution in [0.4, 0.5) is 10.2 Å². The maximum absolute atomic E-state index is 13.8. The first kappa shape index (κ1) is 21.0. The largest absolute Gasteiger partial charge is 0.454 e. The van der Waals surface area contributed by atoms with Crippen molar-refractivity contribution >= 4 is 49.6 Å². The van der Waals surface area contributed by atoms with Crippen LogP contribution in [0.3, 0.4) is 0 Å². The minimum atomic E-state index is -3.30. The molecule has 1 aliphatic heterocycles. The Hall–Kier alpha value is -2.26. The summed E-state index contributed by atoms with van der Waals surface area (Å²) in [6, 6.07) is 3.77. The zero-order valence-corrected chi connectivity index (χ0v) is 18.8. The van der Waals surface area contributed by atoms with Gasteiger partial charge in [-0.05, 0) is 46.7 Å². The maximum atomic E-state index is 13.8. The number of aromatic nitrogens is 4. The zero-order valence-electron chi connectivity index (χ0n) is 15.9. The fraction of sp³-hybridized carbons (Fsp3) is 0.353. The molecule has 0 amide bonds. The van der Waals surface area contributed by atoms with Crippen LogP contribution in [0.15, 0.2) is 12.1 Å². The highest BCUT2D eigenvalue weighted by Gasteiger charge is 2.21. The lowest BCUT2D eigenvalue weighted by Gasteiger charge is -2.11. The lowest BCUT2D eigenvalue weighted by molar-refractivity contribution is 0.174. The van der Waals surface area contributed by atoms with Crippen LogP contribution in [0, 0.1) is 9.65 Å². The lowest BCUT2D eigenvalue weighted by atomic mass is 10.1. The molecular weight excluding hydrogens is 530 g/mol. The minimum absolute atomic E-state index is 0.0489. The van der Waals surface area contributed by atoms with Gasteiger partial charge in [0.1, 0.15) is 5.82 Å². The summed E-state index contributed by atoms with van der Waals surface area (Å²) in [6.45, 7) is 0.764. The Morgan fingerprint density at radius 2 is 2.00 bits per heavy atom. The second-order valence-electron chi connectivity index (χ2n) is 6.72. The molecule has 0 atom stereocenters. The molecule has 0 saturated carbocycles. The van der Waals surface area contributed by atoms with Gasteiger partial charge in [0.2, 0.25) is 16.8 Å². The van der Waals surface area contributed by atoms with Gasteiger partial charge in [-0.3, -0.25) is 0 Å². The third-order valence-electron chi connectivity index (χ3n) is 4.49. The first-order chi connectivity index (χ1) is 14.2. The molecule has 2 aromatic heterocycles. The van der Waals surface area contributed by atoms with E-state index >= 15 is 0 Å². The van der Waals surface area contributed by atoms with Crippen molar-refractivity contribution in [3.05, 3.63) is 33.2 Å². The van der Waals surface area contributed by atoms with E-state index in [1.165, 1.54) is 0 Å². The highest BCUT2D eigenvalue weighted by molar-refractivity contribution is 14.1. The van der Waals surface area contributed by atoms with E-state index < -0.39 is 16.1 Å². The molecule has 3 N–H and O–H groups in total. The van der Waals surface area contributed by atoms with Gasteiger partial charge < -0.3 is 19.8 Å². The molecule has 3 aromatic rings. The van der Waals surface area contributed by atoms with Gasteiger partial charge in [0.25, 0.3) is 0 Å². The van der Waals surface area contributed by atoms with Gasteiger partial charge in [-0.25, -0.2) is 18.1 Å². The monoisotopic (exact) mass is 548 g/mol. The molecule has 3 heterocycles. The van der Waals surface area contributed by atoms with Crippen molar-refractivity contribution in [1.29, 1.82) is 0 Å². The topological polar surface area (TPSA) is 134 Å². The van der Waals surface area contributed by atoms with E-state index in [2.05, 4.69) is 42.3 Å². The Balaban J connectivity index is 1.69. The van der Waals surface area contributed by atoms with Crippen LogP contribution >= 0.6 is 22.6 Å². The third kappa shape index (κ3) is 4.41. The number of aryl methyl sites for hydroxylation is 1. The SMILES string of the molecule is CS(=O)(=O)NCCCn1c(Cc2cc3c(cc2I)OCO3)nc2c(N)nc(F)nc21. The average Bonchev–Trinajstić information content (AvgIpc) is 3.23. The molecule has 4 rings (SSSR count). The van der Waals surface area contributed by atoms with Gasteiger partial charge >= 0.3 is 6.08 Å². The van der Waals surface area contributed by atoms with E-state index in [1.54, 1.807) is 4.57 Å². The summed E-state index contributed by atoms with van der Waals surface area (Å²) in [4.78, 5) is 12.0. The molecule has 10 nitrogen and oxygen atoms in total. The fourth-order valence-corrected chi connectivity index (χ4v) is 4.31. The van der Waals surface area contributed by atoms with E-state index in [0.29, 0.717) is 42.2 Å². The summed E-state index contributed by atoms with van der Waals surface area (Å²) in [5, 5.41) is 0. The van der Waals surface area contributed by atoms with Crippen molar-refractivity contribution in [3.8, 4) is 11.5 Å². The summed E-state index contributed by atoms with van der Waals surface area (Å²) in [5.41, 5.74) is 7.37. The molecule has 13 heteroatoms. The number of nitrogen functional groups attached to an aromatic ring is 1. The summed E-state index contributed by atoms with van der Waals surface area (Å²) in [5.74, 6) is 1.89. The Kier molecular flexibility index (Phi) is 5.67. The normalized spacial score (nSPS) is 13.3. The standard InChI is InChI=1S/C17H18FIN6O4S/c1-30(26,27)21-3-2-4-25-13(22-14-15(20)23-17(18)24-16(14)25)6-9-5-11-12(7-10(9)19)29-8-28-11/h5,7,21H,2-4,6,8H2,1H3,(H2,20,23,24). The van der Waals surface area contributed by atoms with Crippen LogP contribution < -0.4 is 19.9 Å². The Labute approximate surface area is 185 Å². The lowest BCUT2D eigenvalue weighted by Crippen LogP contribution is -2.24. The van der Waals surface area contributed by atoms with E-state index in [0.717, 1.165) is 15.4 Å². The maximum Gasteiger partial charge on any atom is 0.312 e. The molecule has 160 valence electrons. The summed E-state index contributed by atoms with van der Waals surface area (Å²) in [6.07, 6.45) is 1.01. The predicted molar refractivity (Wildman–Crippen MR) is 115 cm³/mol. The van der Waals surface area contributed by atoms with E-state index in [1.807, 2.05) is 12.1 Å². The van der Waals surface area contributed by atoms with Crippen LogP contribution in [0.1, 0.15) is 17.8 Å². The molecule has 30 heavy (non-hydrogen) atoms. The summed E-state index contributed by atoms with van der Waals surface area (Å²) >= 11 is 2.20. The molecule has 0 aliphatic carbocycles. The Bertz CT molecular complexity index is 1230. The average molecular weight is 548 g/mol. The number of nitrogens with zero attached hydrogens (tertiary/aromatic N) is 4. The minimum Gasteiger partial charge on any atom is -0.454 e. The number of imidazole rings is 1. The van der Waals surface area contributed by atoms with Gasteiger partial charge in [-0.1, -0.05) is 0 Å². The van der Waals surface area contributed by atoms with Crippen LogP contribution in [0.5, 0.6) is 11.5 Å². The summed E-state index contributed by atoms with van der Waals surface area (Å²) in [7, 11) is -3.30. The highest BCUT2D eigenvalue weighted by Crippen LogP contribution is 2.36. The molecule has 0 radical (unpaired) electrons. The van der Waals surface area contributed by atoms with Crippen molar-refractivity contribution in [2.75, 3.05) is 25.3 Å². The fourth-order valence-electron chi connectivity index (χ4n) is 3.17. The Morgan fingerprint density at radius 3 is 2.73 bits per heavy atom. The second-order valence-corrected chi connectivity index (χ2v) is 9.72. The number of ether oxygens (including phenoxy) is 2. The number of hydrogen-bond donors (Lipinski definition) is 2. The molecule has 0 fully saturated rings. The van der Waals surface area contributed by atoms with Crippen LogP contribution in [0.25, 0.3) is 11.2 Å². The number of fused-ring (bicyclic) bond motifs is 2. The quantitative estimate of drug-likeness (QED) is 0.257. The van der Waals surface area contributed by atoms with Crippen molar-refractivity contribution < 1.29 is 22.3 Å². The zero-order chi connectivity index (χ0) is 21.5. The van der Waals surface area contributed by atoms with E-state index in [-0.39, 0.29) is 24.8 Å². The smallest absolute Gasteiger partial charge is 0.312 e. The van der Waals surface area contributed by atoms with Crippen LogP contribution in [0.2, 0.25) is 0 Å². The van der Waals surface area contributed by atoms with Gasteiger partial charge in [0.15, 0.2) is 28.5 Å². The molecule has 0 unspecified atom stereocenters. The van der Waals surface area contributed by atoms with Crippen molar-refractivity contribution in [2.45, 2.75) is 19.4 Å². The molecule has 0 saturated heterocycles. The number of nitrogens with one attached hydrogen (secondary N) is 1. The van der Waals surface area contributed by atoms with E-state index in [9.17, 15) is 12.8 Å². The number of anilines is 1. The number of halogens is 2. The highest BCUT2D eigenvalue weighted by atomic mass is 127. The van der Waals surface area contributed by atoms with Crippen molar-refractivity contribution in [2.24, 2.45) is 0 Å². The molecule has 0 bridgehead atoms. The Morgan fingerprint density at radius 1 is 1.27 bits per heavy atom. The van der Waals surface area contributed by atoms with Gasteiger partial charge in [0.05, 0.1) is 6.26 Å². The molecule has 1 aromatic carbocycles. The van der Waals surface area contributed by atoms with Gasteiger partial charge in [-0.2, -0.15) is 14.4 Å². The van der Waals surface area contributed by atoms with Crippen molar-refractivity contribution in [3.63, 3.8) is 0 Å². The second kappa shape index (κ2) is 8.11. The van der Waals surface area contributed by atoms with Crippen LogP contribution in [-0.4, -0.2) is 47.5 Å². The number of benzene rings is 1. The first-order valence-electron chi connectivity index (χ1n) is 8.92. The molecule has 0 spiro atoms. The third-order valence-corrected chi connectivity index (χ3v) is 6.22. The van der Waals surface area contributed by atoms with Crippen LogP contribution in [-0.2, 0) is 23.0 Å². The van der Waals surface area contributed by atoms with Gasteiger partial charge in [0, 0.05) is 23.1 Å². The molecular formula is C17H18FIN6O4S. The van der Waals surface area contributed by atoms with Gasteiger partial charge in [-0.15, -0.1) is 0 Å². The van der Waals surface area contributed by atoms with Crippen molar-refractivity contribution in [1.82, 2.24) is 24.2 Å². The predicted octanol–water partition coefficient (Wildman–Crippen LogP) is 1.41. The number of hydrogen-bond acceptors (Lipinski definition) is 8. The summed E-state index contributed by atoms with van der Waals surface area (Å²) < 4.78 is 52.4. The number of nitrogens with two attached hydrogens (primary N) is 1. The van der Waals surface area contributed by atoms with E-state index in [4.69, 9.17) is 15.2 Å².